The van der Waals surface area contributed by atoms with Crippen LogP contribution < -0.4 is 16.8 Å². The number of nitrogens with two attached hydrogens (primary N) is 2. The zero-order valence-electron chi connectivity index (χ0n) is 19.6. The smallest absolute Gasteiger partial charge is 0.320 e. The quantitative estimate of drug-likeness (QED) is 0.145. The molecular formula is C24H26N4O5S3. The zero-order chi connectivity index (χ0) is 26.6. The van der Waals surface area contributed by atoms with Crippen LogP contribution in [0.1, 0.15) is 23.3 Å². The van der Waals surface area contributed by atoms with Gasteiger partial charge in [-0.15, -0.1) is 23.1 Å². The summed E-state index contributed by atoms with van der Waals surface area (Å²) in [5.41, 5.74) is 13.8. The molecule has 7 N–H and O–H groups in total. The number of anilines is 1. The highest BCUT2D eigenvalue weighted by Crippen LogP contribution is 2.38. The largest absolute Gasteiger partial charge is 0.480 e. The minimum atomic E-state index is -3.85. The Hall–Kier alpha value is -3.19. The van der Waals surface area contributed by atoms with Gasteiger partial charge in [0.2, 0.25) is 15.7 Å². The number of benzene rings is 2. The Balaban J connectivity index is 1.86. The van der Waals surface area contributed by atoms with Crippen molar-refractivity contribution in [3.05, 3.63) is 59.0 Å². The van der Waals surface area contributed by atoms with E-state index in [0.29, 0.717) is 20.3 Å². The number of carboxylic acid groups (broad SMARTS) is 1. The molecule has 12 heteroatoms. The minimum absolute atomic E-state index is 0.0236. The average molecular weight is 547 g/mol. The molecule has 0 saturated heterocycles. The van der Waals surface area contributed by atoms with Crippen LogP contribution in [-0.2, 0) is 19.4 Å². The Labute approximate surface area is 217 Å². The van der Waals surface area contributed by atoms with Crippen LogP contribution in [0.25, 0.3) is 11.1 Å². The van der Waals surface area contributed by atoms with E-state index in [1.165, 1.54) is 35.2 Å². The topological polar surface area (TPSA) is 176 Å². The molecule has 0 aliphatic carbocycles. The molecular weight excluding hydrogens is 520 g/mol. The van der Waals surface area contributed by atoms with Crippen LogP contribution in [-0.4, -0.2) is 43.5 Å². The third-order valence-corrected chi connectivity index (χ3v) is 9.71. The Bertz CT molecular complexity index is 1430. The lowest BCUT2D eigenvalue weighted by molar-refractivity contribution is -0.138. The van der Waals surface area contributed by atoms with E-state index >= 15 is 0 Å². The number of thiophene rings is 1. The maximum absolute atomic E-state index is 13.4. The van der Waals surface area contributed by atoms with E-state index in [2.05, 4.69) is 5.32 Å². The number of amides is 1. The summed E-state index contributed by atoms with van der Waals surface area (Å²) in [5, 5.41) is 19.2. The number of amidine groups is 1. The molecule has 1 amide bonds. The van der Waals surface area contributed by atoms with E-state index in [-0.39, 0.29) is 34.4 Å². The highest BCUT2D eigenvalue weighted by atomic mass is 32.2. The number of nitrogens with one attached hydrogen (secondary N) is 2. The standard InChI is InChI=1S/C24H26N4O5S3/c1-13-10-15(28-21(29)9-8-18(25)23(30)31)6-7-17(13)14-4-3-5-16(11-14)36(32,33)20-12-19(22(26)27)35-24(20)34-2/h3-7,10-12,18H,8-9,25H2,1-2H3,(H3,26,27)(H,28,29)(H,30,31)/t18-/m0/s1. The first kappa shape index (κ1) is 27.4. The maximum atomic E-state index is 13.4. The van der Waals surface area contributed by atoms with Gasteiger partial charge in [0.15, 0.2) is 0 Å². The van der Waals surface area contributed by atoms with Gasteiger partial charge in [-0.3, -0.25) is 15.0 Å². The summed E-state index contributed by atoms with van der Waals surface area (Å²) < 4.78 is 27.4. The van der Waals surface area contributed by atoms with Gasteiger partial charge in [-0.25, -0.2) is 8.42 Å². The van der Waals surface area contributed by atoms with E-state index in [1.54, 1.807) is 42.7 Å². The van der Waals surface area contributed by atoms with Crippen LogP contribution in [0.4, 0.5) is 5.69 Å². The molecule has 0 saturated carbocycles. The number of rotatable bonds is 10. The predicted molar refractivity (Wildman–Crippen MR) is 143 cm³/mol. The summed E-state index contributed by atoms with van der Waals surface area (Å²) in [5.74, 6) is -1.69. The summed E-state index contributed by atoms with van der Waals surface area (Å²) in [7, 11) is -3.85. The molecule has 190 valence electrons. The molecule has 0 radical (unpaired) electrons. The number of sulfone groups is 1. The fraction of sp³-hybridized carbons (Fsp3) is 0.208. The van der Waals surface area contributed by atoms with Crippen LogP contribution in [0.2, 0.25) is 0 Å². The van der Waals surface area contributed by atoms with Gasteiger partial charge in [0.05, 0.1) is 18.9 Å². The second-order valence-electron chi connectivity index (χ2n) is 7.97. The lowest BCUT2D eigenvalue weighted by Gasteiger charge is -2.12. The van der Waals surface area contributed by atoms with Gasteiger partial charge in [-0.05, 0) is 66.6 Å². The van der Waals surface area contributed by atoms with Crippen molar-refractivity contribution in [2.75, 3.05) is 11.6 Å². The van der Waals surface area contributed by atoms with E-state index in [9.17, 15) is 18.0 Å². The molecule has 3 aromatic rings. The van der Waals surface area contributed by atoms with E-state index in [0.717, 1.165) is 11.1 Å². The van der Waals surface area contributed by atoms with Crippen LogP contribution in [0, 0.1) is 12.3 Å². The van der Waals surface area contributed by atoms with Crippen molar-refractivity contribution < 1.29 is 23.1 Å². The van der Waals surface area contributed by atoms with Gasteiger partial charge in [0, 0.05) is 12.1 Å². The summed E-state index contributed by atoms with van der Waals surface area (Å²) in [6.45, 7) is 1.84. The first-order chi connectivity index (χ1) is 16.9. The SMILES string of the molecule is CSc1sc(C(=N)N)cc1S(=O)(=O)c1cccc(-c2ccc(NC(=O)CC[C@H](N)C(=O)O)cc2C)c1. The molecule has 3 rings (SSSR count). The molecule has 0 fully saturated rings. The van der Waals surface area contributed by atoms with Gasteiger partial charge in [0.25, 0.3) is 0 Å². The first-order valence-electron chi connectivity index (χ1n) is 10.7. The molecule has 0 bridgehead atoms. The molecule has 0 unspecified atom stereocenters. The number of hydrogen-bond acceptors (Lipinski definition) is 8. The molecule has 0 aliphatic heterocycles. The number of carbonyl (C=O) groups is 2. The maximum Gasteiger partial charge on any atom is 0.320 e. The minimum Gasteiger partial charge on any atom is -0.480 e. The number of nitrogen functional groups attached to an aromatic ring is 1. The molecule has 1 atom stereocenters. The van der Waals surface area contributed by atoms with E-state index in [1.807, 2.05) is 6.92 Å². The predicted octanol–water partition coefficient (Wildman–Crippen LogP) is 3.69. The van der Waals surface area contributed by atoms with Crippen LogP contribution in [0.5, 0.6) is 0 Å². The number of carbonyl (C=O) groups excluding carboxylic acids is 1. The van der Waals surface area contributed by atoms with Crippen molar-refractivity contribution in [1.82, 2.24) is 0 Å². The number of thioether (sulfide) groups is 1. The van der Waals surface area contributed by atoms with Gasteiger partial charge >= 0.3 is 5.97 Å². The number of carboxylic acids is 1. The molecule has 0 aliphatic rings. The summed E-state index contributed by atoms with van der Waals surface area (Å²) >= 11 is 2.46. The van der Waals surface area contributed by atoms with Gasteiger partial charge < -0.3 is 21.9 Å². The molecule has 1 heterocycles. The van der Waals surface area contributed by atoms with Crippen LogP contribution in [0.15, 0.2) is 62.5 Å². The second-order valence-corrected chi connectivity index (χ2v) is 12.0. The van der Waals surface area contributed by atoms with Crippen molar-refractivity contribution >= 4 is 56.3 Å². The molecule has 2 aromatic carbocycles. The third-order valence-electron chi connectivity index (χ3n) is 5.37. The first-order valence-corrected chi connectivity index (χ1v) is 14.2. The van der Waals surface area contributed by atoms with Crippen molar-refractivity contribution in [1.29, 1.82) is 5.41 Å². The molecule has 36 heavy (non-hydrogen) atoms. The molecule has 9 nitrogen and oxygen atoms in total. The Morgan fingerprint density at radius 1 is 1.19 bits per heavy atom. The summed E-state index contributed by atoms with van der Waals surface area (Å²) in [6.07, 6.45) is 1.77. The lowest BCUT2D eigenvalue weighted by atomic mass is 10.00. The monoisotopic (exact) mass is 546 g/mol. The summed E-state index contributed by atoms with van der Waals surface area (Å²) in [4.78, 5) is 23.6. The van der Waals surface area contributed by atoms with Crippen molar-refractivity contribution in [2.24, 2.45) is 11.5 Å². The Kier molecular flexibility index (Phi) is 8.56. The van der Waals surface area contributed by atoms with Crippen molar-refractivity contribution in [2.45, 2.75) is 39.8 Å². The van der Waals surface area contributed by atoms with Gasteiger partial charge in [0.1, 0.15) is 11.9 Å². The van der Waals surface area contributed by atoms with Crippen molar-refractivity contribution in [3.8, 4) is 11.1 Å². The van der Waals surface area contributed by atoms with E-state index in [4.69, 9.17) is 22.0 Å². The number of aliphatic carboxylic acids is 1. The average Bonchev–Trinajstić information content (AvgIpc) is 3.28. The normalized spacial score (nSPS) is 12.2. The van der Waals surface area contributed by atoms with Crippen LogP contribution in [0.3, 0.4) is 0 Å². The zero-order valence-corrected chi connectivity index (χ0v) is 22.0. The fourth-order valence-electron chi connectivity index (χ4n) is 3.48. The molecule has 0 spiro atoms. The van der Waals surface area contributed by atoms with E-state index < -0.39 is 21.8 Å². The Morgan fingerprint density at radius 3 is 2.53 bits per heavy atom. The van der Waals surface area contributed by atoms with Gasteiger partial charge in [-0.1, -0.05) is 18.2 Å². The highest BCUT2D eigenvalue weighted by molar-refractivity contribution is 8.01. The van der Waals surface area contributed by atoms with Crippen LogP contribution >= 0.6 is 23.1 Å². The number of aryl methyl sites for hydroxylation is 1. The molecule has 1 aromatic heterocycles. The highest BCUT2D eigenvalue weighted by Gasteiger charge is 2.25. The third kappa shape index (κ3) is 6.13. The second kappa shape index (κ2) is 11.2. The van der Waals surface area contributed by atoms with Crippen molar-refractivity contribution in [3.63, 3.8) is 0 Å². The van der Waals surface area contributed by atoms with Gasteiger partial charge in [-0.2, -0.15) is 0 Å². The number of hydrogen-bond donors (Lipinski definition) is 5. The fourth-order valence-corrected chi connectivity index (χ4v) is 7.38. The lowest BCUT2D eigenvalue weighted by Crippen LogP contribution is -2.31. The summed E-state index contributed by atoms with van der Waals surface area (Å²) in [6, 6.07) is 12.2. The Morgan fingerprint density at radius 2 is 1.92 bits per heavy atom.